The smallest absolute Gasteiger partial charge is 0.262 e. The van der Waals surface area contributed by atoms with Crippen LogP contribution < -0.4 is 10.6 Å². The Morgan fingerprint density at radius 1 is 1.20 bits per heavy atom. The summed E-state index contributed by atoms with van der Waals surface area (Å²) < 4.78 is 15.9. The summed E-state index contributed by atoms with van der Waals surface area (Å²) in [5, 5.41) is 16.9. The number of hydrogen-bond donors (Lipinski definition) is 3. The Kier molecular flexibility index (Phi) is 6.87. The Hall–Kier alpha value is -1.93. The molecule has 1 aliphatic rings. The number of amides is 2. The van der Waals surface area contributed by atoms with Gasteiger partial charge < -0.3 is 15.7 Å². The number of nitrogens with one attached hydrogen (secondary N) is 2. The third-order valence-corrected chi connectivity index (χ3v) is 5.90. The third kappa shape index (κ3) is 4.54. The standard InChI is InChI=1S/C20H19Cl3FN3O3/c21-9-16(28)27-11-19(30)5-6-20(24,14-2-1-7-25-17(14)19)18(29)26-10-12-3-4-13(22)8-15(12)23/h1-4,7-8,30H,5-6,9-11H2,(H,26,29)(H,27,28)/t19-,20+/m1/s1. The lowest BCUT2D eigenvalue weighted by Crippen LogP contribution is -2.51. The van der Waals surface area contributed by atoms with Crippen molar-refractivity contribution in [2.24, 2.45) is 0 Å². The van der Waals surface area contributed by atoms with Crippen molar-refractivity contribution in [1.82, 2.24) is 15.6 Å². The van der Waals surface area contributed by atoms with Gasteiger partial charge in [0.05, 0.1) is 12.2 Å². The highest BCUT2D eigenvalue weighted by Gasteiger charge is 2.52. The molecule has 10 heteroatoms. The van der Waals surface area contributed by atoms with Crippen LogP contribution in [0.25, 0.3) is 0 Å². The predicted molar refractivity (Wildman–Crippen MR) is 112 cm³/mol. The summed E-state index contributed by atoms with van der Waals surface area (Å²) in [6.45, 7) is -0.188. The monoisotopic (exact) mass is 473 g/mol. The first kappa shape index (κ1) is 22.7. The van der Waals surface area contributed by atoms with Crippen LogP contribution in [0.2, 0.25) is 10.0 Å². The van der Waals surface area contributed by atoms with Gasteiger partial charge >= 0.3 is 0 Å². The molecule has 2 aromatic rings. The van der Waals surface area contributed by atoms with Crippen molar-refractivity contribution in [2.45, 2.75) is 30.7 Å². The summed E-state index contributed by atoms with van der Waals surface area (Å²) in [5.41, 5.74) is -3.47. The SMILES string of the molecule is O=C(CCl)NC[C@]1(O)CC[C@@](F)(C(=O)NCc2ccc(Cl)cc2Cl)c2cccnc21. The third-order valence-electron chi connectivity index (χ3n) is 5.07. The van der Waals surface area contributed by atoms with E-state index in [0.29, 0.717) is 15.6 Å². The molecule has 2 amide bonds. The molecule has 0 spiro atoms. The lowest BCUT2D eigenvalue weighted by Gasteiger charge is -2.39. The van der Waals surface area contributed by atoms with E-state index in [4.69, 9.17) is 34.8 Å². The highest BCUT2D eigenvalue weighted by molar-refractivity contribution is 6.35. The van der Waals surface area contributed by atoms with Crippen LogP contribution in [0.4, 0.5) is 4.39 Å². The number of fused-ring (bicyclic) bond motifs is 1. The van der Waals surface area contributed by atoms with E-state index < -0.39 is 23.1 Å². The minimum absolute atomic E-state index is 0.00610. The lowest BCUT2D eigenvalue weighted by molar-refractivity contribution is -0.137. The molecule has 1 aromatic carbocycles. The van der Waals surface area contributed by atoms with Gasteiger partial charge in [0.15, 0.2) is 0 Å². The van der Waals surface area contributed by atoms with Crippen LogP contribution in [0.1, 0.15) is 29.7 Å². The number of aliphatic hydroxyl groups is 1. The molecule has 6 nitrogen and oxygen atoms in total. The first-order valence-electron chi connectivity index (χ1n) is 9.12. The van der Waals surface area contributed by atoms with E-state index in [9.17, 15) is 14.7 Å². The van der Waals surface area contributed by atoms with Crippen LogP contribution in [0, 0.1) is 0 Å². The number of pyridine rings is 1. The zero-order valence-corrected chi connectivity index (χ0v) is 18.0. The summed E-state index contributed by atoms with van der Waals surface area (Å²) in [6.07, 6.45) is 0.981. The molecule has 0 radical (unpaired) electrons. The molecule has 0 bridgehead atoms. The van der Waals surface area contributed by atoms with Crippen molar-refractivity contribution in [1.29, 1.82) is 0 Å². The van der Waals surface area contributed by atoms with Gasteiger partial charge in [-0.2, -0.15) is 0 Å². The van der Waals surface area contributed by atoms with Crippen molar-refractivity contribution in [3.63, 3.8) is 0 Å². The Labute approximate surface area is 187 Å². The predicted octanol–water partition coefficient (Wildman–Crippen LogP) is 3.21. The number of alkyl halides is 2. The maximum absolute atomic E-state index is 15.9. The average molecular weight is 475 g/mol. The summed E-state index contributed by atoms with van der Waals surface area (Å²) in [5.74, 6) is -1.61. The van der Waals surface area contributed by atoms with Crippen molar-refractivity contribution in [3.05, 3.63) is 63.4 Å². The topological polar surface area (TPSA) is 91.3 Å². The number of carbonyl (C=O) groups is 2. The van der Waals surface area contributed by atoms with E-state index >= 15 is 4.39 Å². The molecule has 3 rings (SSSR count). The molecule has 0 aliphatic heterocycles. The van der Waals surface area contributed by atoms with E-state index in [-0.39, 0.29) is 43.1 Å². The number of rotatable bonds is 6. The fourth-order valence-corrected chi connectivity index (χ4v) is 3.98. The van der Waals surface area contributed by atoms with E-state index in [0.717, 1.165) is 0 Å². The Bertz CT molecular complexity index is 977. The fraction of sp³-hybridized carbons (Fsp3) is 0.350. The van der Waals surface area contributed by atoms with Crippen LogP contribution in [0.3, 0.4) is 0 Å². The quantitative estimate of drug-likeness (QED) is 0.561. The van der Waals surface area contributed by atoms with Crippen molar-refractivity contribution in [2.75, 3.05) is 12.4 Å². The number of benzene rings is 1. The van der Waals surface area contributed by atoms with E-state index in [1.807, 2.05) is 0 Å². The first-order valence-corrected chi connectivity index (χ1v) is 10.4. The normalized spacial score (nSPS) is 22.8. The zero-order chi connectivity index (χ0) is 21.9. The van der Waals surface area contributed by atoms with Gasteiger partial charge in [-0.1, -0.05) is 35.3 Å². The minimum atomic E-state index is -2.40. The van der Waals surface area contributed by atoms with Crippen LogP contribution in [0.5, 0.6) is 0 Å². The summed E-state index contributed by atoms with van der Waals surface area (Å²) >= 11 is 17.4. The Morgan fingerprint density at radius 2 is 1.97 bits per heavy atom. The van der Waals surface area contributed by atoms with Gasteiger partial charge in [0, 0.05) is 28.4 Å². The van der Waals surface area contributed by atoms with Crippen molar-refractivity contribution < 1.29 is 19.1 Å². The van der Waals surface area contributed by atoms with E-state index in [1.165, 1.54) is 24.4 Å². The molecule has 3 N–H and O–H groups in total. The van der Waals surface area contributed by atoms with Gasteiger partial charge in [-0.3, -0.25) is 14.6 Å². The molecular weight excluding hydrogens is 456 g/mol. The van der Waals surface area contributed by atoms with Gasteiger partial charge in [0.2, 0.25) is 11.6 Å². The highest BCUT2D eigenvalue weighted by atomic mass is 35.5. The van der Waals surface area contributed by atoms with Crippen LogP contribution in [-0.2, 0) is 27.4 Å². The molecule has 160 valence electrons. The molecule has 0 saturated carbocycles. The van der Waals surface area contributed by atoms with Crippen LogP contribution in [-0.4, -0.2) is 34.3 Å². The Balaban J connectivity index is 1.82. The fourth-order valence-electron chi connectivity index (χ4n) is 3.41. The molecule has 0 saturated heterocycles. The van der Waals surface area contributed by atoms with Gasteiger partial charge in [-0.15, -0.1) is 11.6 Å². The molecule has 2 atom stereocenters. The second kappa shape index (κ2) is 9.06. The van der Waals surface area contributed by atoms with Crippen molar-refractivity contribution in [3.8, 4) is 0 Å². The van der Waals surface area contributed by atoms with Gasteiger partial charge in [-0.05, 0) is 36.6 Å². The molecule has 0 fully saturated rings. The maximum atomic E-state index is 15.9. The first-order chi connectivity index (χ1) is 14.2. The number of carbonyl (C=O) groups excluding carboxylic acids is 2. The van der Waals surface area contributed by atoms with Gasteiger partial charge in [0.1, 0.15) is 11.5 Å². The molecule has 30 heavy (non-hydrogen) atoms. The summed E-state index contributed by atoms with van der Waals surface area (Å²) in [4.78, 5) is 28.4. The van der Waals surface area contributed by atoms with Crippen LogP contribution in [0.15, 0.2) is 36.5 Å². The van der Waals surface area contributed by atoms with Gasteiger partial charge in [0.25, 0.3) is 5.91 Å². The van der Waals surface area contributed by atoms with Crippen molar-refractivity contribution >= 4 is 46.6 Å². The number of hydrogen-bond acceptors (Lipinski definition) is 4. The minimum Gasteiger partial charge on any atom is -0.382 e. The van der Waals surface area contributed by atoms with Crippen LogP contribution >= 0.6 is 34.8 Å². The number of nitrogens with zero attached hydrogens (tertiary/aromatic N) is 1. The molecule has 1 aromatic heterocycles. The molecule has 1 aliphatic carbocycles. The van der Waals surface area contributed by atoms with E-state index in [2.05, 4.69) is 15.6 Å². The molecule has 1 heterocycles. The average Bonchev–Trinajstić information content (AvgIpc) is 2.74. The number of halogens is 4. The second-order valence-electron chi connectivity index (χ2n) is 7.06. The maximum Gasteiger partial charge on any atom is 0.262 e. The largest absolute Gasteiger partial charge is 0.382 e. The molecular formula is C20H19Cl3FN3O3. The second-order valence-corrected chi connectivity index (χ2v) is 8.17. The Morgan fingerprint density at radius 3 is 2.67 bits per heavy atom. The molecule has 0 unspecified atom stereocenters. The van der Waals surface area contributed by atoms with E-state index in [1.54, 1.807) is 12.1 Å². The summed E-state index contributed by atoms with van der Waals surface area (Å²) in [7, 11) is 0. The highest BCUT2D eigenvalue weighted by Crippen LogP contribution is 2.45. The zero-order valence-electron chi connectivity index (χ0n) is 15.7. The summed E-state index contributed by atoms with van der Waals surface area (Å²) in [6, 6.07) is 7.69. The number of aromatic nitrogens is 1. The van der Waals surface area contributed by atoms with Gasteiger partial charge in [-0.25, -0.2) is 4.39 Å². The lowest BCUT2D eigenvalue weighted by atomic mass is 9.74.